The molecule has 0 saturated carbocycles. The van der Waals surface area contributed by atoms with Crippen LogP contribution >= 0.6 is 0 Å². The highest BCUT2D eigenvalue weighted by Gasteiger charge is 2.42. The molecule has 3 aromatic carbocycles. The minimum Gasteiger partial charge on any atom is -0.251 e. The van der Waals surface area contributed by atoms with Crippen LogP contribution in [0.1, 0.15) is 28.2 Å². The lowest BCUT2D eigenvalue weighted by molar-refractivity contribution is -0.141. The fourth-order valence-corrected chi connectivity index (χ4v) is 5.12. The van der Waals surface area contributed by atoms with Crippen molar-refractivity contribution in [3.8, 4) is 17.1 Å². The fraction of sp³-hybridized carbons (Fsp3) is 0.0606. The van der Waals surface area contributed by atoms with E-state index in [4.69, 9.17) is 9.97 Å². The summed E-state index contributed by atoms with van der Waals surface area (Å²) in [4.78, 5) is 9.74. The minimum atomic E-state index is -4.61. The molecular weight excluding hydrogens is 547 g/mol. The van der Waals surface area contributed by atoms with Gasteiger partial charge < -0.3 is 0 Å². The number of alkyl halides is 3. The monoisotopic (exact) mass is 568 g/mol. The third-order valence-electron chi connectivity index (χ3n) is 6.99. The summed E-state index contributed by atoms with van der Waals surface area (Å²) in [6.07, 6.45) is -3.40. The van der Waals surface area contributed by atoms with Crippen molar-refractivity contribution in [3.63, 3.8) is 0 Å². The summed E-state index contributed by atoms with van der Waals surface area (Å²) in [6.45, 7) is 0. The summed E-state index contributed by atoms with van der Waals surface area (Å²) in [5.74, 6) is -1.30. The molecule has 0 aliphatic carbocycles. The fourth-order valence-electron chi connectivity index (χ4n) is 5.12. The predicted molar refractivity (Wildman–Crippen MR) is 148 cm³/mol. The van der Waals surface area contributed by atoms with Crippen molar-refractivity contribution < 1.29 is 22.0 Å². The summed E-state index contributed by atoms with van der Waals surface area (Å²) in [5.41, 5.74) is 0.620. The van der Waals surface area contributed by atoms with Crippen molar-refractivity contribution in [1.82, 2.24) is 19.7 Å². The Labute approximate surface area is 237 Å². The third-order valence-corrected chi connectivity index (χ3v) is 6.99. The Hall–Kier alpha value is -5.18. The second-order valence-corrected chi connectivity index (χ2v) is 9.54. The van der Waals surface area contributed by atoms with E-state index in [-0.39, 0.29) is 17.1 Å². The van der Waals surface area contributed by atoms with Gasteiger partial charge in [0.05, 0.1) is 17.1 Å². The normalized spacial score (nSPS) is 11.9. The molecule has 0 saturated heterocycles. The van der Waals surface area contributed by atoms with Gasteiger partial charge in [0.25, 0.3) is 0 Å². The maximum Gasteiger partial charge on any atom is 0.435 e. The van der Waals surface area contributed by atoms with Crippen LogP contribution in [0, 0.1) is 11.6 Å². The molecule has 9 heteroatoms. The summed E-state index contributed by atoms with van der Waals surface area (Å²) in [6, 6.07) is 33.2. The molecule has 6 rings (SSSR count). The van der Waals surface area contributed by atoms with Crippen molar-refractivity contribution in [1.29, 1.82) is 0 Å². The Balaban J connectivity index is 1.64. The van der Waals surface area contributed by atoms with Gasteiger partial charge in [-0.3, -0.25) is 4.98 Å². The smallest absolute Gasteiger partial charge is 0.251 e. The van der Waals surface area contributed by atoms with Gasteiger partial charge in [0.1, 0.15) is 17.0 Å². The predicted octanol–water partition coefficient (Wildman–Crippen LogP) is 8.01. The first-order valence-corrected chi connectivity index (χ1v) is 12.9. The van der Waals surface area contributed by atoms with Crippen LogP contribution in [0.5, 0.6) is 0 Å². The number of hydrogen-bond donors (Lipinski definition) is 0. The Morgan fingerprint density at radius 3 is 1.79 bits per heavy atom. The molecule has 0 unspecified atom stereocenters. The highest BCUT2D eigenvalue weighted by molar-refractivity contribution is 5.63. The molecule has 42 heavy (non-hydrogen) atoms. The SMILES string of the molecule is Fc1ccc(-c2cccc(C(c3ccccc3)(c3ccccc3)c3cccc(-n4ccc(C(F)(F)F)n4)n3)n2)c(F)c1. The first kappa shape index (κ1) is 27.0. The average Bonchev–Trinajstić information content (AvgIpc) is 3.51. The highest BCUT2D eigenvalue weighted by atomic mass is 19.4. The van der Waals surface area contributed by atoms with Gasteiger partial charge in [-0.1, -0.05) is 72.8 Å². The Morgan fingerprint density at radius 1 is 0.571 bits per heavy atom. The zero-order valence-electron chi connectivity index (χ0n) is 21.8. The average molecular weight is 569 g/mol. The minimum absolute atomic E-state index is 0.117. The van der Waals surface area contributed by atoms with E-state index in [9.17, 15) is 22.0 Å². The van der Waals surface area contributed by atoms with Gasteiger partial charge >= 0.3 is 6.18 Å². The molecule has 6 aromatic rings. The Morgan fingerprint density at radius 2 is 1.19 bits per heavy atom. The van der Waals surface area contributed by atoms with Gasteiger partial charge in [-0.2, -0.15) is 18.3 Å². The van der Waals surface area contributed by atoms with E-state index in [0.717, 1.165) is 27.9 Å². The van der Waals surface area contributed by atoms with Crippen LogP contribution in [0.15, 0.2) is 128 Å². The second kappa shape index (κ2) is 10.7. The van der Waals surface area contributed by atoms with Crippen LogP contribution in [0.2, 0.25) is 0 Å². The molecule has 0 atom stereocenters. The Kier molecular flexibility index (Phi) is 6.86. The number of nitrogens with zero attached hydrogens (tertiary/aromatic N) is 4. The van der Waals surface area contributed by atoms with Crippen LogP contribution in [0.3, 0.4) is 0 Å². The van der Waals surface area contributed by atoms with Gasteiger partial charge in [-0.15, -0.1) is 0 Å². The number of rotatable bonds is 6. The summed E-state index contributed by atoms with van der Waals surface area (Å²) in [7, 11) is 0. The maximum absolute atomic E-state index is 14.9. The number of benzene rings is 3. The summed E-state index contributed by atoms with van der Waals surface area (Å²) in [5, 5.41) is 3.70. The summed E-state index contributed by atoms with van der Waals surface area (Å²) >= 11 is 0. The quantitative estimate of drug-likeness (QED) is 0.191. The number of pyridine rings is 2. The number of hydrogen-bond acceptors (Lipinski definition) is 3. The molecule has 0 amide bonds. The first-order valence-electron chi connectivity index (χ1n) is 12.9. The molecular formula is C33H21F5N4. The van der Waals surface area contributed by atoms with Crippen LogP contribution in [-0.4, -0.2) is 19.7 Å². The lowest BCUT2D eigenvalue weighted by Gasteiger charge is -2.35. The van der Waals surface area contributed by atoms with Crippen LogP contribution < -0.4 is 0 Å². The van der Waals surface area contributed by atoms with E-state index in [1.807, 2.05) is 60.7 Å². The standard InChI is InChI=1S/C33H21F5N4/c34-24-17-18-25(26(35)21-24)27-13-7-14-28(39-27)32(22-9-3-1-4-10-22,23-11-5-2-6-12-23)29-15-8-16-31(40-29)42-20-19-30(41-42)33(36,37)38/h1-21H. The van der Waals surface area contributed by atoms with Crippen LogP contribution in [0.25, 0.3) is 17.1 Å². The molecule has 208 valence electrons. The van der Waals surface area contributed by atoms with E-state index < -0.39 is 28.9 Å². The zero-order valence-corrected chi connectivity index (χ0v) is 21.8. The largest absolute Gasteiger partial charge is 0.435 e. The molecule has 0 radical (unpaired) electrons. The van der Waals surface area contributed by atoms with Crippen LogP contribution in [0.4, 0.5) is 22.0 Å². The zero-order chi connectivity index (χ0) is 29.3. The molecule has 3 aromatic heterocycles. The first-order chi connectivity index (χ1) is 20.3. The molecule has 0 aliphatic heterocycles. The van der Waals surface area contributed by atoms with Crippen molar-refractivity contribution in [2.24, 2.45) is 0 Å². The van der Waals surface area contributed by atoms with Crippen molar-refractivity contribution >= 4 is 0 Å². The molecule has 0 bridgehead atoms. The lowest BCUT2D eigenvalue weighted by Crippen LogP contribution is -2.33. The van der Waals surface area contributed by atoms with Gasteiger partial charge in [-0.25, -0.2) is 18.4 Å². The van der Waals surface area contributed by atoms with Gasteiger partial charge in [0.15, 0.2) is 11.5 Å². The number of aromatic nitrogens is 4. The van der Waals surface area contributed by atoms with E-state index in [1.54, 1.807) is 36.4 Å². The van der Waals surface area contributed by atoms with E-state index >= 15 is 0 Å². The van der Waals surface area contributed by atoms with Crippen molar-refractivity contribution in [3.05, 3.63) is 167 Å². The summed E-state index contributed by atoms with van der Waals surface area (Å²) < 4.78 is 69.6. The van der Waals surface area contributed by atoms with Gasteiger partial charge in [0, 0.05) is 17.8 Å². The van der Waals surface area contributed by atoms with E-state index in [2.05, 4.69) is 5.10 Å². The van der Waals surface area contributed by atoms with Crippen LogP contribution in [-0.2, 0) is 11.6 Å². The molecule has 0 aliphatic rings. The second-order valence-electron chi connectivity index (χ2n) is 9.54. The van der Waals surface area contributed by atoms with Gasteiger partial charge in [-0.05, 0) is 53.6 Å². The van der Waals surface area contributed by atoms with Crippen molar-refractivity contribution in [2.45, 2.75) is 11.6 Å². The van der Waals surface area contributed by atoms with E-state index in [1.165, 1.54) is 18.3 Å². The molecule has 4 nitrogen and oxygen atoms in total. The van der Waals surface area contributed by atoms with Gasteiger partial charge in [0.2, 0.25) is 0 Å². The topological polar surface area (TPSA) is 43.6 Å². The Bertz CT molecular complexity index is 1810. The molecule has 3 heterocycles. The molecule has 0 spiro atoms. The third kappa shape index (κ3) is 4.83. The maximum atomic E-state index is 14.9. The van der Waals surface area contributed by atoms with E-state index in [0.29, 0.717) is 11.4 Å². The number of halogens is 5. The van der Waals surface area contributed by atoms with Crippen molar-refractivity contribution in [2.75, 3.05) is 0 Å². The molecule has 0 N–H and O–H groups in total. The highest BCUT2D eigenvalue weighted by Crippen LogP contribution is 2.44. The molecule has 0 fully saturated rings. The lowest BCUT2D eigenvalue weighted by atomic mass is 9.69.